The number of carbonyl (C=O) groups excluding carboxylic acids is 2. The SMILES string of the molecule is COC(=O)c1ccc(COC(=O)Cn2nc(C)c([N+](=O)[O-])c2C)o1. The molecular weight excluding hydrogens is 322 g/mol. The third kappa shape index (κ3) is 3.59. The Bertz CT molecular complexity index is 790. The summed E-state index contributed by atoms with van der Waals surface area (Å²) in [6, 6.07) is 2.88. The molecule has 0 saturated heterocycles. The van der Waals surface area contributed by atoms with Gasteiger partial charge in [0, 0.05) is 0 Å². The average molecular weight is 337 g/mol. The van der Waals surface area contributed by atoms with Gasteiger partial charge in [0.2, 0.25) is 5.76 Å². The number of hydrogen-bond acceptors (Lipinski definition) is 8. The summed E-state index contributed by atoms with van der Waals surface area (Å²) in [6.07, 6.45) is 0. The molecule has 0 radical (unpaired) electrons. The Kier molecular flexibility index (Phi) is 4.97. The predicted molar refractivity (Wildman–Crippen MR) is 78.2 cm³/mol. The van der Waals surface area contributed by atoms with E-state index >= 15 is 0 Å². The number of aryl methyl sites for hydroxylation is 1. The lowest BCUT2D eigenvalue weighted by atomic mass is 10.3. The highest BCUT2D eigenvalue weighted by molar-refractivity contribution is 5.86. The topological polar surface area (TPSA) is 127 Å². The first-order valence-electron chi connectivity index (χ1n) is 6.84. The van der Waals surface area contributed by atoms with Gasteiger partial charge in [-0.25, -0.2) is 4.79 Å². The van der Waals surface area contributed by atoms with Crippen molar-refractivity contribution in [2.75, 3.05) is 7.11 Å². The summed E-state index contributed by atoms with van der Waals surface area (Å²) in [6.45, 7) is 2.53. The van der Waals surface area contributed by atoms with E-state index in [4.69, 9.17) is 9.15 Å². The lowest BCUT2D eigenvalue weighted by molar-refractivity contribution is -0.386. The van der Waals surface area contributed by atoms with Gasteiger partial charge in [-0.15, -0.1) is 0 Å². The minimum Gasteiger partial charge on any atom is -0.463 e. The fraction of sp³-hybridized carbons (Fsp3) is 0.357. The number of carbonyl (C=O) groups is 2. The van der Waals surface area contributed by atoms with Crippen molar-refractivity contribution in [2.24, 2.45) is 0 Å². The van der Waals surface area contributed by atoms with Crippen LogP contribution in [0.1, 0.15) is 27.7 Å². The van der Waals surface area contributed by atoms with Crippen molar-refractivity contribution in [3.05, 3.63) is 45.2 Å². The maximum absolute atomic E-state index is 11.8. The average Bonchev–Trinajstić information content (AvgIpc) is 3.09. The van der Waals surface area contributed by atoms with Gasteiger partial charge in [0.05, 0.1) is 12.0 Å². The molecule has 0 aliphatic carbocycles. The molecule has 0 bridgehead atoms. The number of nitro groups is 1. The van der Waals surface area contributed by atoms with Crippen LogP contribution in [0.15, 0.2) is 16.5 Å². The Morgan fingerprint density at radius 3 is 2.67 bits per heavy atom. The molecule has 2 rings (SSSR count). The monoisotopic (exact) mass is 337 g/mol. The van der Waals surface area contributed by atoms with Gasteiger partial charge < -0.3 is 13.9 Å². The van der Waals surface area contributed by atoms with E-state index in [-0.39, 0.29) is 41.7 Å². The zero-order chi connectivity index (χ0) is 17.9. The third-order valence-corrected chi connectivity index (χ3v) is 3.23. The molecule has 0 unspecified atom stereocenters. The van der Waals surface area contributed by atoms with Crippen molar-refractivity contribution >= 4 is 17.6 Å². The summed E-state index contributed by atoms with van der Waals surface area (Å²) in [5.41, 5.74) is 0.357. The van der Waals surface area contributed by atoms with Crippen LogP contribution in [0.4, 0.5) is 5.69 Å². The predicted octanol–water partition coefficient (Wildman–Crippen LogP) is 1.53. The summed E-state index contributed by atoms with van der Waals surface area (Å²) >= 11 is 0. The molecule has 0 N–H and O–H groups in total. The molecule has 10 nitrogen and oxygen atoms in total. The van der Waals surface area contributed by atoms with Crippen molar-refractivity contribution < 1.29 is 28.4 Å². The highest BCUT2D eigenvalue weighted by atomic mass is 16.6. The summed E-state index contributed by atoms with van der Waals surface area (Å²) in [5.74, 6) is -1.02. The Hall–Kier alpha value is -3.17. The summed E-state index contributed by atoms with van der Waals surface area (Å²) < 4.78 is 15.9. The number of rotatable bonds is 6. The van der Waals surface area contributed by atoms with E-state index in [0.29, 0.717) is 0 Å². The molecule has 0 aliphatic rings. The van der Waals surface area contributed by atoms with E-state index in [1.807, 2.05) is 0 Å². The van der Waals surface area contributed by atoms with Crippen molar-refractivity contribution in [3.63, 3.8) is 0 Å². The summed E-state index contributed by atoms with van der Waals surface area (Å²) in [5, 5.41) is 14.9. The van der Waals surface area contributed by atoms with Crippen LogP contribution in [0.5, 0.6) is 0 Å². The molecule has 0 amide bonds. The van der Waals surface area contributed by atoms with Crippen molar-refractivity contribution in [1.82, 2.24) is 9.78 Å². The van der Waals surface area contributed by atoms with Crippen LogP contribution in [-0.2, 0) is 27.4 Å². The van der Waals surface area contributed by atoms with Gasteiger partial charge in [-0.2, -0.15) is 5.10 Å². The first-order chi connectivity index (χ1) is 11.3. The molecule has 0 aromatic carbocycles. The van der Waals surface area contributed by atoms with Gasteiger partial charge in [0.25, 0.3) is 0 Å². The molecule has 2 aromatic rings. The molecule has 0 spiro atoms. The Morgan fingerprint density at radius 2 is 2.08 bits per heavy atom. The highest BCUT2D eigenvalue weighted by Gasteiger charge is 2.23. The number of hydrogen-bond donors (Lipinski definition) is 0. The van der Waals surface area contributed by atoms with Crippen LogP contribution in [0, 0.1) is 24.0 Å². The minimum atomic E-state index is -0.647. The van der Waals surface area contributed by atoms with E-state index in [1.165, 1.54) is 37.8 Å². The normalized spacial score (nSPS) is 10.5. The molecule has 2 aromatic heterocycles. The van der Waals surface area contributed by atoms with Crippen molar-refractivity contribution in [1.29, 1.82) is 0 Å². The molecule has 2 heterocycles. The first-order valence-corrected chi connectivity index (χ1v) is 6.84. The number of ether oxygens (including phenoxy) is 2. The van der Waals surface area contributed by atoms with Crippen LogP contribution >= 0.6 is 0 Å². The molecule has 0 atom stereocenters. The van der Waals surface area contributed by atoms with E-state index in [1.54, 1.807) is 0 Å². The number of nitrogens with zero attached hydrogens (tertiary/aromatic N) is 3. The molecule has 0 saturated carbocycles. The molecule has 128 valence electrons. The largest absolute Gasteiger partial charge is 0.463 e. The molecule has 24 heavy (non-hydrogen) atoms. The Labute approximate surface area is 136 Å². The van der Waals surface area contributed by atoms with E-state index in [0.717, 1.165) is 0 Å². The highest BCUT2D eigenvalue weighted by Crippen LogP contribution is 2.21. The number of furan rings is 1. The molecule has 10 heteroatoms. The van der Waals surface area contributed by atoms with Crippen LogP contribution in [0.3, 0.4) is 0 Å². The number of esters is 2. The molecular formula is C14H15N3O7. The standard InChI is InChI=1S/C14H15N3O7/c1-8-13(17(20)21)9(2)16(15-8)6-12(18)23-7-10-4-5-11(24-10)14(19)22-3/h4-5H,6-7H2,1-3H3. The van der Waals surface area contributed by atoms with E-state index < -0.39 is 16.9 Å². The number of methoxy groups -OCH3 is 1. The Morgan fingerprint density at radius 1 is 1.38 bits per heavy atom. The fourth-order valence-corrected chi connectivity index (χ4v) is 2.09. The van der Waals surface area contributed by atoms with Gasteiger partial charge in [0.15, 0.2) is 0 Å². The Balaban J connectivity index is 1.97. The lowest BCUT2D eigenvalue weighted by Crippen LogP contribution is -2.15. The van der Waals surface area contributed by atoms with Gasteiger partial charge in [-0.1, -0.05) is 0 Å². The van der Waals surface area contributed by atoms with Gasteiger partial charge in [-0.3, -0.25) is 19.6 Å². The van der Waals surface area contributed by atoms with Gasteiger partial charge >= 0.3 is 17.6 Å². The quantitative estimate of drug-likeness (QED) is 0.441. The minimum absolute atomic E-state index is 0.00211. The molecule has 0 fully saturated rings. The summed E-state index contributed by atoms with van der Waals surface area (Å²) in [4.78, 5) is 33.5. The third-order valence-electron chi connectivity index (χ3n) is 3.23. The maximum atomic E-state index is 11.8. The zero-order valence-electron chi connectivity index (χ0n) is 13.3. The van der Waals surface area contributed by atoms with Crippen LogP contribution in [0.2, 0.25) is 0 Å². The van der Waals surface area contributed by atoms with Gasteiger partial charge in [0.1, 0.15) is 30.3 Å². The molecule has 0 aliphatic heterocycles. The van der Waals surface area contributed by atoms with Gasteiger partial charge in [-0.05, 0) is 26.0 Å². The van der Waals surface area contributed by atoms with Crippen LogP contribution < -0.4 is 0 Å². The van der Waals surface area contributed by atoms with E-state index in [9.17, 15) is 19.7 Å². The maximum Gasteiger partial charge on any atom is 0.373 e. The first kappa shape index (κ1) is 17.2. The lowest BCUT2D eigenvalue weighted by Gasteiger charge is -2.04. The zero-order valence-corrected chi connectivity index (χ0v) is 13.3. The summed E-state index contributed by atoms with van der Waals surface area (Å²) in [7, 11) is 1.22. The second-order valence-electron chi connectivity index (χ2n) is 4.85. The number of aromatic nitrogens is 2. The second kappa shape index (κ2) is 6.94. The van der Waals surface area contributed by atoms with E-state index in [2.05, 4.69) is 9.84 Å². The second-order valence-corrected chi connectivity index (χ2v) is 4.85. The fourth-order valence-electron chi connectivity index (χ4n) is 2.09. The smallest absolute Gasteiger partial charge is 0.373 e. The van der Waals surface area contributed by atoms with Crippen LogP contribution in [-0.4, -0.2) is 33.8 Å². The van der Waals surface area contributed by atoms with Crippen molar-refractivity contribution in [3.8, 4) is 0 Å². The van der Waals surface area contributed by atoms with Crippen molar-refractivity contribution in [2.45, 2.75) is 27.0 Å². The van der Waals surface area contributed by atoms with Crippen LogP contribution in [0.25, 0.3) is 0 Å².